The first-order chi connectivity index (χ1) is 9.18. The minimum absolute atomic E-state index is 0.00834. The summed E-state index contributed by atoms with van der Waals surface area (Å²) in [4.78, 5) is 11.6. The zero-order chi connectivity index (χ0) is 15.4. The molecule has 1 amide bonds. The van der Waals surface area contributed by atoms with Gasteiger partial charge in [-0.15, -0.1) is 0 Å². The third kappa shape index (κ3) is 4.51. The van der Waals surface area contributed by atoms with Crippen molar-refractivity contribution in [3.05, 3.63) is 29.3 Å². The molecule has 1 aromatic carbocycles. The Kier molecular flexibility index (Phi) is 5.15. The van der Waals surface area contributed by atoms with Crippen LogP contribution >= 0.6 is 11.6 Å². The summed E-state index contributed by atoms with van der Waals surface area (Å²) in [6, 6.07) is 7.98. The van der Waals surface area contributed by atoms with E-state index >= 15 is 0 Å². The molecule has 108 valence electrons. The highest BCUT2D eigenvalue weighted by molar-refractivity contribution is 7.91. The molecule has 0 heterocycles. The molecule has 0 unspecified atom stereocenters. The monoisotopic (exact) mass is 314 g/mol. The van der Waals surface area contributed by atoms with Gasteiger partial charge in [-0.05, 0) is 26.0 Å². The van der Waals surface area contributed by atoms with Gasteiger partial charge in [0, 0.05) is 6.42 Å². The lowest BCUT2D eigenvalue weighted by Crippen LogP contribution is -2.42. The molecule has 0 saturated heterocycles. The minimum Gasteiger partial charge on any atom is -0.338 e. The third-order valence-corrected chi connectivity index (χ3v) is 4.71. The Balaban J connectivity index is 2.73. The fourth-order valence-corrected chi connectivity index (χ4v) is 3.29. The highest BCUT2D eigenvalue weighted by Gasteiger charge is 2.22. The van der Waals surface area contributed by atoms with Gasteiger partial charge in [0.2, 0.25) is 5.91 Å². The maximum Gasteiger partial charge on any atom is 0.222 e. The van der Waals surface area contributed by atoms with Gasteiger partial charge >= 0.3 is 0 Å². The summed E-state index contributed by atoms with van der Waals surface area (Å²) in [5.74, 6) is -0.850. The van der Waals surface area contributed by atoms with E-state index in [1.54, 1.807) is 12.1 Å². The van der Waals surface area contributed by atoms with Crippen LogP contribution in [0, 0.1) is 11.3 Å². The van der Waals surface area contributed by atoms with Crippen LogP contribution in [0.15, 0.2) is 29.2 Å². The number of nitrogens with one attached hydrogen (secondary N) is 1. The van der Waals surface area contributed by atoms with Crippen LogP contribution in [-0.4, -0.2) is 25.6 Å². The predicted octanol–water partition coefficient (Wildman–Crippen LogP) is 1.92. The fraction of sp³-hybridized carbons (Fsp3) is 0.385. The molecule has 0 aliphatic carbocycles. The van der Waals surface area contributed by atoms with Gasteiger partial charge in [-0.2, -0.15) is 5.26 Å². The molecule has 5 nitrogen and oxygen atoms in total. The van der Waals surface area contributed by atoms with E-state index in [9.17, 15) is 13.2 Å². The number of hydrogen-bond donors (Lipinski definition) is 1. The van der Waals surface area contributed by atoms with Gasteiger partial charge < -0.3 is 5.32 Å². The van der Waals surface area contributed by atoms with E-state index < -0.39 is 21.3 Å². The fourth-order valence-electron chi connectivity index (χ4n) is 1.47. The van der Waals surface area contributed by atoms with Gasteiger partial charge in [0.1, 0.15) is 5.54 Å². The van der Waals surface area contributed by atoms with Crippen LogP contribution in [0.1, 0.15) is 20.3 Å². The number of carbonyl (C=O) groups excluding carboxylic acids is 1. The SMILES string of the molecule is CC(C)(C#N)NC(=O)CCS(=O)(=O)c1ccccc1Cl. The summed E-state index contributed by atoms with van der Waals surface area (Å²) in [6.07, 6.45) is -0.224. The molecule has 0 aliphatic heterocycles. The van der Waals surface area contributed by atoms with E-state index in [-0.39, 0.29) is 22.1 Å². The molecule has 1 aromatic rings. The van der Waals surface area contributed by atoms with Crippen molar-refractivity contribution < 1.29 is 13.2 Å². The maximum atomic E-state index is 12.1. The standard InChI is InChI=1S/C13H15ClN2O3S/c1-13(2,9-15)16-12(17)7-8-20(18,19)11-6-4-3-5-10(11)14/h3-6H,7-8H2,1-2H3,(H,16,17). The van der Waals surface area contributed by atoms with Gasteiger partial charge in [0.15, 0.2) is 9.84 Å². The average Bonchev–Trinajstić information content (AvgIpc) is 2.36. The first-order valence-corrected chi connectivity index (χ1v) is 7.90. The van der Waals surface area contributed by atoms with Gasteiger partial charge in [0.05, 0.1) is 21.7 Å². The number of benzene rings is 1. The zero-order valence-electron chi connectivity index (χ0n) is 11.2. The van der Waals surface area contributed by atoms with Crippen LogP contribution in [0.2, 0.25) is 5.02 Å². The molecule has 1 N–H and O–H groups in total. The summed E-state index contributed by atoms with van der Waals surface area (Å²) >= 11 is 5.83. The second kappa shape index (κ2) is 6.25. The smallest absolute Gasteiger partial charge is 0.222 e. The Labute approximate surface area is 123 Å². The van der Waals surface area contributed by atoms with E-state index in [1.165, 1.54) is 26.0 Å². The molecular formula is C13H15ClN2O3S. The number of amides is 1. The highest BCUT2D eigenvalue weighted by Crippen LogP contribution is 2.22. The van der Waals surface area contributed by atoms with E-state index in [1.807, 2.05) is 6.07 Å². The summed E-state index contributed by atoms with van der Waals surface area (Å²) in [5, 5.41) is 11.4. The van der Waals surface area contributed by atoms with E-state index in [2.05, 4.69) is 5.32 Å². The number of halogens is 1. The third-order valence-electron chi connectivity index (χ3n) is 2.50. The van der Waals surface area contributed by atoms with Gasteiger partial charge in [0.25, 0.3) is 0 Å². The quantitative estimate of drug-likeness (QED) is 0.899. The van der Waals surface area contributed by atoms with Crippen molar-refractivity contribution in [2.24, 2.45) is 0 Å². The molecule has 0 fully saturated rings. The van der Waals surface area contributed by atoms with Gasteiger partial charge in [-0.1, -0.05) is 23.7 Å². The van der Waals surface area contributed by atoms with Crippen molar-refractivity contribution >= 4 is 27.3 Å². The van der Waals surface area contributed by atoms with Crippen molar-refractivity contribution in [1.29, 1.82) is 5.26 Å². The summed E-state index contributed by atoms with van der Waals surface area (Å²) in [7, 11) is -3.62. The van der Waals surface area contributed by atoms with Gasteiger partial charge in [-0.25, -0.2) is 8.42 Å². The molecule has 7 heteroatoms. The maximum absolute atomic E-state index is 12.1. The lowest BCUT2D eigenvalue weighted by molar-refractivity contribution is -0.121. The van der Waals surface area contributed by atoms with Crippen molar-refractivity contribution in [2.75, 3.05) is 5.75 Å². The second-order valence-corrected chi connectivity index (χ2v) is 7.27. The van der Waals surface area contributed by atoms with E-state index in [0.717, 1.165) is 0 Å². The number of nitriles is 1. The van der Waals surface area contributed by atoms with Crippen molar-refractivity contribution in [3.63, 3.8) is 0 Å². The van der Waals surface area contributed by atoms with Crippen LogP contribution in [0.4, 0.5) is 0 Å². The summed E-state index contributed by atoms with van der Waals surface area (Å²) in [5.41, 5.74) is -1.02. The molecule has 0 radical (unpaired) electrons. The molecule has 1 rings (SSSR count). The number of nitrogens with zero attached hydrogens (tertiary/aromatic N) is 1. The molecule has 0 atom stereocenters. The average molecular weight is 315 g/mol. The number of carbonyl (C=O) groups is 1. The molecule has 0 aromatic heterocycles. The first-order valence-electron chi connectivity index (χ1n) is 5.87. The van der Waals surface area contributed by atoms with Crippen LogP contribution < -0.4 is 5.32 Å². The van der Waals surface area contributed by atoms with Crippen molar-refractivity contribution in [1.82, 2.24) is 5.32 Å². The number of hydrogen-bond acceptors (Lipinski definition) is 4. The second-order valence-electron chi connectivity index (χ2n) is 4.78. The Morgan fingerprint density at radius 1 is 1.40 bits per heavy atom. The van der Waals surface area contributed by atoms with Crippen LogP contribution in [0.5, 0.6) is 0 Å². The molecule has 0 saturated carbocycles. The molecule has 0 spiro atoms. The van der Waals surface area contributed by atoms with Crippen molar-refractivity contribution in [2.45, 2.75) is 30.7 Å². The largest absolute Gasteiger partial charge is 0.338 e. The van der Waals surface area contributed by atoms with Crippen LogP contribution in [0.25, 0.3) is 0 Å². The Morgan fingerprint density at radius 2 is 2.00 bits per heavy atom. The van der Waals surface area contributed by atoms with Gasteiger partial charge in [-0.3, -0.25) is 4.79 Å². The van der Waals surface area contributed by atoms with E-state index in [0.29, 0.717) is 0 Å². The minimum atomic E-state index is -3.62. The highest BCUT2D eigenvalue weighted by atomic mass is 35.5. The van der Waals surface area contributed by atoms with Crippen LogP contribution in [-0.2, 0) is 14.6 Å². The molecular weight excluding hydrogens is 300 g/mol. The first kappa shape index (κ1) is 16.5. The van der Waals surface area contributed by atoms with Crippen molar-refractivity contribution in [3.8, 4) is 6.07 Å². The summed E-state index contributed by atoms with van der Waals surface area (Å²) in [6.45, 7) is 3.07. The number of sulfone groups is 1. The Morgan fingerprint density at radius 3 is 2.55 bits per heavy atom. The lowest BCUT2D eigenvalue weighted by atomic mass is 10.1. The normalized spacial score (nSPS) is 11.7. The topological polar surface area (TPSA) is 87.0 Å². The van der Waals surface area contributed by atoms with Crippen LogP contribution in [0.3, 0.4) is 0 Å². The Hall–Kier alpha value is -1.58. The zero-order valence-corrected chi connectivity index (χ0v) is 12.8. The summed E-state index contributed by atoms with van der Waals surface area (Å²) < 4.78 is 24.1. The molecule has 0 aliphatic rings. The predicted molar refractivity (Wildman–Crippen MR) is 76.0 cm³/mol. The lowest BCUT2D eigenvalue weighted by Gasteiger charge is -2.17. The molecule has 0 bridgehead atoms. The van der Waals surface area contributed by atoms with E-state index in [4.69, 9.17) is 16.9 Å². The Bertz CT molecular complexity index is 648. The number of rotatable bonds is 5. The molecule has 20 heavy (non-hydrogen) atoms.